The summed E-state index contributed by atoms with van der Waals surface area (Å²) in [5.41, 5.74) is 3.41. The third kappa shape index (κ3) is 5.44. The predicted octanol–water partition coefficient (Wildman–Crippen LogP) is 4.19. The summed E-state index contributed by atoms with van der Waals surface area (Å²) in [6.07, 6.45) is 4.44. The Hall–Kier alpha value is -2.62. The third-order valence-corrected chi connectivity index (χ3v) is 5.50. The van der Waals surface area contributed by atoms with Crippen molar-refractivity contribution in [2.45, 2.75) is 58.0 Å². The van der Waals surface area contributed by atoms with Gasteiger partial charge in [0.25, 0.3) is 0 Å². The number of nitrogens with one attached hydrogen (secondary N) is 1. The van der Waals surface area contributed by atoms with Crippen molar-refractivity contribution in [3.63, 3.8) is 0 Å². The van der Waals surface area contributed by atoms with E-state index in [1.807, 2.05) is 42.2 Å². The molecule has 148 valence electrons. The number of amides is 2. The van der Waals surface area contributed by atoms with Gasteiger partial charge in [0.15, 0.2) is 0 Å². The van der Waals surface area contributed by atoms with E-state index in [2.05, 4.69) is 29.6 Å². The molecule has 0 radical (unpaired) electrons. The second kappa shape index (κ2) is 9.54. The van der Waals surface area contributed by atoms with Crippen LogP contribution in [0.15, 0.2) is 54.6 Å². The molecule has 0 spiro atoms. The quantitative estimate of drug-likeness (QED) is 0.819. The standard InChI is InChI=1S/C24H30N2O2/c1-18-11-13-21(14-12-18)23(25-19(2)27)17-24(28)26-15-7-6-10-22(26)16-20-8-4-3-5-9-20/h3-5,8-9,11-14,22-23H,6-7,10,15-17H2,1-2H3,(H,25,27)/t22-,23-/m0/s1. The lowest BCUT2D eigenvalue weighted by Crippen LogP contribution is -2.46. The van der Waals surface area contributed by atoms with Gasteiger partial charge in [-0.25, -0.2) is 0 Å². The fraction of sp³-hybridized carbons (Fsp3) is 0.417. The molecular formula is C24H30N2O2. The van der Waals surface area contributed by atoms with E-state index in [1.54, 1.807) is 0 Å². The Labute approximate surface area is 167 Å². The largest absolute Gasteiger partial charge is 0.349 e. The molecule has 28 heavy (non-hydrogen) atoms. The molecule has 4 nitrogen and oxygen atoms in total. The maximum Gasteiger partial charge on any atom is 0.225 e. The highest BCUT2D eigenvalue weighted by Gasteiger charge is 2.29. The number of nitrogens with zero attached hydrogens (tertiary/aromatic N) is 1. The second-order valence-electron chi connectivity index (χ2n) is 7.79. The first kappa shape index (κ1) is 20.1. The maximum absolute atomic E-state index is 13.2. The van der Waals surface area contributed by atoms with E-state index in [1.165, 1.54) is 12.5 Å². The first-order chi connectivity index (χ1) is 13.5. The number of carbonyl (C=O) groups excluding carboxylic acids is 2. The smallest absolute Gasteiger partial charge is 0.225 e. The van der Waals surface area contributed by atoms with Crippen molar-refractivity contribution >= 4 is 11.8 Å². The van der Waals surface area contributed by atoms with Gasteiger partial charge in [-0.3, -0.25) is 9.59 Å². The summed E-state index contributed by atoms with van der Waals surface area (Å²) >= 11 is 0. The molecule has 4 heteroatoms. The molecule has 1 fully saturated rings. The number of piperidine rings is 1. The monoisotopic (exact) mass is 378 g/mol. The molecule has 2 aromatic carbocycles. The molecule has 2 aromatic rings. The number of aryl methyl sites for hydroxylation is 1. The molecule has 1 aliphatic heterocycles. The van der Waals surface area contributed by atoms with Gasteiger partial charge < -0.3 is 10.2 Å². The van der Waals surface area contributed by atoms with Gasteiger partial charge in [0.05, 0.1) is 12.5 Å². The van der Waals surface area contributed by atoms with Crippen LogP contribution >= 0.6 is 0 Å². The lowest BCUT2D eigenvalue weighted by atomic mass is 9.94. The zero-order chi connectivity index (χ0) is 19.9. The van der Waals surface area contributed by atoms with Crippen LogP contribution in [0.3, 0.4) is 0 Å². The van der Waals surface area contributed by atoms with E-state index >= 15 is 0 Å². The van der Waals surface area contributed by atoms with Crippen LogP contribution in [-0.2, 0) is 16.0 Å². The minimum atomic E-state index is -0.287. The summed E-state index contributed by atoms with van der Waals surface area (Å²) in [7, 11) is 0. The molecule has 2 atom stereocenters. The lowest BCUT2D eigenvalue weighted by molar-refractivity contribution is -0.135. The molecule has 3 rings (SSSR count). The number of hydrogen-bond acceptors (Lipinski definition) is 2. The van der Waals surface area contributed by atoms with Crippen LogP contribution in [0.5, 0.6) is 0 Å². The minimum absolute atomic E-state index is 0.113. The normalized spacial score (nSPS) is 17.8. The van der Waals surface area contributed by atoms with Crippen molar-refractivity contribution in [1.29, 1.82) is 0 Å². The molecule has 0 aliphatic carbocycles. The van der Waals surface area contributed by atoms with Gasteiger partial charge >= 0.3 is 0 Å². The van der Waals surface area contributed by atoms with Gasteiger partial charge in [0.2, 0.25) is 11.8 Å². The maximum atomic E-state index is 13.2. The van der Waals surface area contributed by atoms with Crippen molar-refractivity contribution in [2.24, 2.45) is 0 Å². The van der Waals surface area contributed by atoms with Crippen LogP contribution in [-0.4, -0.2) is 29.3 Å². The molecule has 0 bridgehead atoms. The van der Waals surface area contributed by atoms with Gasteiger partial charge in [0, 0.05) is 19.5 Å². The second-order valence-corrected chi connectivity index (χ2v) is 7.79. The Morgan fingerprint density at radius 3 is 2.46 bits per heavy atom. The molecule has 1 N–H and O–H groups in total. The van der Waals surface area contributed by atoms with E-state index in [-0.39, 0.29) is 23.9 Å². The van der Waals surface area contributed by atoms with Crippen LogP contribution in [0.25, 0.3) is 0 Å². The van der Waals surface area contributed by atoms with Crippen molar-refractivity contribution in [3.05, 3.63) is 71.3 Å². The van der Waals surface area contributed by atoms with Gasteiger partial charge in [-0.05, 0) is 43.7 Å². The zero-order valence-electron chi connectivity index (χ0n) is 16.9. The third-order valence-electron chi connectivity index (χ3n) is 5.50. The Balaban J connectivity index is 1.73. The molecule has 2 amide bonds. The minimum Gasteiger partial charge on any atom is -0.349 e. The van der Waals surface area contributed by atoms with Crippen molar-refractivity contribution in [1.82, 2.24) is 10.2 Å². The summed E-state index contributed by atoms with van der Waals surface area (Å²) in [5, 5.41) is 2.96. The fourth-order valence-electron chi connectivity index (χ4n) is 4.02. The lowest BCUT2D eigenvalue weighted by Gasteiger charge is -2.37. The zero-order valence-corrected chi connectivity index (χ0v) is 16.9. The van der Waals surface area contributed by atoms with Gasteiger partial charge in [0.1, 0.15) is 0 Å². The fourth-order valence-corrected chi connectivity index (χ4v) is 4.02. The molecule has 1 heterocycles. The summed E-state index contributed by atoms with van der Waals surface area (Å²) in [6.45, 7) is 4.34. The molecule has 0 unspecified atom stereocenters. The number of likely N-dealkylation sites (tertiary alicyclic amines) is 1. The number of benzene rings is 2. The van der Waals surface area contributed by atoms with Crippen LogP contribution in [0.1, 0.15) is 55.3 Å². The molecule has 1 aliphatic rings. The average Bonchev–Trinajstić information content (AvgIpc) is 2.69. The first-order valence-corrected chi connectivity index (χ1v) is 10.2. The molecule has 0 aromatic heterocycles. The van der Waals surface area contributed by atoms with Gasteiger partial charge in [-0.2, -0.15) is 0 Å². The summed E-state index contributed by atoms with van der Waals surface area (Å²) in [6, 6.07) is 18.4. The average molecular weight is 379 g/mol. The predicted molar refractivity (Wildman–Crippen MR) is 112 cm³/mol. The van der Waals surface area contributed by atoms with E-state index in [4.69, 9.17) is 0 Å². The molecule has 1 saturated heterocycles. The van der Waals surface area contributed by atoms with Crippen molar-refractivity contribution in [2.75, 3.05) is 6.54 Å². The molecule has 0 saturated carbocycles. The number of carbonyl (C=O) groups is 2. The Bertz CT molecular complexity index is 786. The van der Waals surface area contributed by atoms with Crippen LogP contribution in [0, 0.1) is 6.92 Å². The Morgan fingerprint density at radius 2 is 1.79 bits per heavy atom. The van der Waals surface area contributed by atoms with Crippen molar-refractivity contribution < 1.29 is 9.59 Å². The van der Waals surface area contributed by atoms with Gasteiger partial charge in [-0.15, -0.1) is 0 Å². The summed E-state index contributed by atoms with van der Waals surface area (Å²) in [4.78, 5) is 27.0. The Morgan fingerprint density at radius 1 is 1.07 bits per heavy atom. The first-order valence-electron chi connectivity index (χ1n) is 10.2. The van der Waals surface area contributed by atoms with E-state index < -0.39 is 0 Å². The van der Waals surface area contributed by atoms with E-state index in [0.717, 1.165) is 43.4 Å². The van der Waals surface area contributed by atoms with Crippen LogP contribution in [0.2, 0.25) is 0 Å². The highest BCUT2D eigenvalue weighted by Crippen LogP contribution is 2.25. The number of hydrogen-bond donors (Lipinski definition) is 1. The number of rotatable bonds is 6. The highest BCUT2D eigenvalue weighted by atomic mass is 16.2. The van der Waals surface area contributed by atoms with E-state index in [0.29, 0.717) is 6.42 Å². The highest BCUT2D eigenvalue weighted by molar-refractivity contribution is 5.79. The summed E-state index contributed by atoms with van der Waals surface area (Å²) in [5.74, 6) is 0.0119. The topological polar surface area (TPSA) is 49.4 Å². The van der Waals surface area contributed by atoms with Crippen LogP contribution < -0.4 is 5.32 Å². The molecular weight excluding hydrogens is 348 g/mol. The summed E-state index contributed by atoms with van der Waals surface area (Å²) < 4.78 is 0. The Kier molecular flexibility index (Phi) is 6.85. The SMILES string of the molecule is CC(=O)N[C@@H](CC(=O)N1CCCC[C@H]1Cc1ccccc1)c1ccc(C)cc1. The van der Waals surface area contributed by atoms with Crippen molar-refractivity contribution in [3.8, 4) is 0 Å². The van der Waals surface area contributed by atoms with Gasteiger partial charge in [-0.1, -0.05) is 60.2 Å². The van der Waals surface area contributed by atoms with E-state index in [9.17, 15) is 9.59 Å². The van der Waals surface area contributed by atoms with Crippen LogP contribution in [0.4, 0.5) is 0 Å².